The van der Waals surface area contributed by atoms with E-state index in [0.29, 0.717) is 35.7 Å². The van der Waals surface area contributed by atoms with Gasteiger partial charge in [-0.05, 0) is 43.7 Å². The van der Waals surface area contributed by atoms with Gasteiger partial charge in [0.15, 0.2) is 5.78 Å². The maximum atomic E-state index is 14.5. The first-order chi connectivity index (χ1) is 14.2. The Kier molecular flexibility index (Phi) is 5.67. The number of nitrogens with one attached hydrogen (secondary N) is 1. The minimum absolute atomic E-state index is 0.0546. The number of aromatic amines is 1. The number of benzene rings is 1. The molecule has 7 heteroatoms. The second-order valence-electron chi connectivity index (χ2n) is 7.30. The second kappa shape index (κ2) is 8.53. The van der Waals surface area contributed by atoms with Crippen LogP contribution in [-0.4, -0.2) is 46.1 Å². The van der Waals surface area contributed by atoms with Crippen LogP contribution in [0.1, 0.15) is 28.8 Å². The number of aromatic nitrogens is 3. The van der Waals surface area contributed by atoms with E-state index >= 15 is 0 Å². The van der Waals surface area contributed by atoms with Crippen molar-refractivity contribution in [3.63, 3.8) is 0 Å². The lowest BCUT2D eigenvalue weighted by atomic mass is 9.90. The van der Waals surface area contributed by atoms with Gasteiger partial charge in [0.25, 0.3) is 0 Å². The number of rotatable bonds is 6. The van der Waals surface area contributed by atoms with Gasteiger partial charge in [-0.15, -0.1) is 0 Å². The van der Waals surface area contributed by atoms with Crippen LogP contribution in [0.5, 0.6) is 5.75 Å². The van der Waals surface area contributed by atoms with Gasteiger partial charge in [-0.2, -0.15) is 5.10 Å². The molecule has 2 aromatic heterocycles. The third-order valence-corrected chi connectivity index (χ3v) is 5.38. The smallest absolute Gasteiger partial charge is 0.168 e. The maximum absolute atomic E-state index is 14.5. The Labute approximate surface area is 168 Å². The predicted octanol–water partition coefficient (Wildman–Crippen LogP) is 3.71. The highest BCUT2D eigenvalue weighted by Crippen LogP contribution is 2.29. The summed E-state index contributed by atoms with van der Waals surface area (Å²) < 4.78 is 19.6. The second-order valence-corrected chi connectivity index (χ2v) is 7.30. The van der Waals surface area contributed by atoms with E-state index < -0.39 is 0 Å². The molecular formula is C22H23FN4O2. The van der Waals surface area contributed by atoms with E-state index in [9.17, 15) is 9.18 Å². The lowest BCUT2D eigenvalue weighted by Gasteiger charge is -2.31. The number of ether oxygens (including phenoxy) is 1. The molecule has 0 aliphatic carbocycles. The molecule has 3 aromatic rings. The standard InChI is InChI=1S/C22H23FN4O2/c1-29-18-6-7-19(20(23)10-18)21-17(12-25-26-21)14-27-9-3-5-16(13-27)22(28)15-4-2-8-24-11-15/h2,4,6-8,10-12,16H,3,5,9,13-14H2,1H3,(H,25,26)/t16-/m1/s1. The lowest BCUT2D eigenvalue weighted by molar-refractivity contribution is 0.0811. The van der Waals surface area contributed by atoms with Gasteiger partial charge in [-0.1, -0.05) is 0 Å². The van der Waals surface area contributed by atoms with Crippen LogP contribution < -0.4 is 4.74 Å². The zero-order chi connectivity index (χ0) is 20.2. The van der Waals surface area contributed by atoms with E-state index in [1.165, 1.54) is 13.2 Å². The Morgan fingerprint density at radius 1 is 1.34 bits per heavy atom. The number of piperidine rings is 1. The summed E-state index contributed by atoms with van der Waals surface area (Å²) in [5, 5.41) is 7.04. The van der Waals surface area contributed by atoms with Crippen molar-refractivity contribution < 1.29 is 13.9 Å². The van der Waals surface area contributed by atoms with Gasteiger partial charge in [0.1, 0.15) is 11.6 Å². The van der Waals surface area contributed by atoms with Crippen molar-refractivity contribution in [1.29, 1.82) is 0 Å². The Morgan fingerprint density at radius 3 is 3.00 bits per heavy atom. The quantitative estimate of drug-likeness (QED) is 0.646. The molecule has 0 amide bonds. The minimum Gasteiger partial charge on any atom is -0.497 e. The third kappa shape index (κ3) is 4.19. The number of pyridine rings is 1. The summed E-state index contributed by atoms with van der Waals surface area (Å²) in [5.41, 5.74) is 2.68. The number of Topliss-reactive ketones (excluding diaryl/α,β-unsaturated/α-hetero) is 1. The number of carbonyl (C=O) groups excluding carboxylic acids is 1. The molecule has 0 radical (unpaired) electrons. The molecule has 6 nitrogen and oxygen atoms in total. The molecular weight excluding hydrogens is 371 g/mol. The SMILES string of the molecule is COc1ccc(-c2[nH]ncc2CN2CCC[C@@H](C(=O)c3cccnc3)C2)c(F)c1. The largest absolute Gasteiger partial charge is 0.497 e. The zero-order valence-electron chi connectivity index (χ0n) is 16.3. The van der Waals surface area contributed by atoms with Crippen molar-refractivity contribution in [1.82, 2.24) is 20.1 Å². The van der Waals surface area contributed by atoms with Gasteiger partial charge < -0.3 is 4.74 Å². The fourth-order valence-electron chi connectivity index (χ4n) is 3.89. The summed E-state index contributed by atoms with van der Waals surface area (Å²) >= 11 is 0. The van der Waals surface area contributed by atoms with Gasteiger partial charge in [-0.25, -0.2) is 4.39 Å². The molecule has 4 rings (SSSR count). The number of likely N-dealkylation sites (tertiary alicyclic amines) is 1. The maximum Gasteiger partial charge on any atom is 0.168 e. The molecule has 1 aliphatic rings. The number of nitrogens with zero attached hydrogens (tertiary/aromatic N) is 3. The van der Waals surface area contributed by atoms with Crippen molar-refractivity contribution in [3.8, 4) is 17.0 Å². The molecule has 1 atom stereocenters. The van der Waals surface area contributed by atoms with Crippen LogP contribution in [0.2, 0.25) is 0 Å². The molecule has 0 unspecified atom stereocenters. The van der Waals surface area contributed by atoms with Gasteiger partial charge in [0.2, 0.25) is 0 Å². The Hall–Kier alpha value is -3.06. The number of ketones is 1. The van der Waals surface area contributed by atoms with Crippen molar-refractivity contribution in [2.75, 3.05) is 20.2 Å². The molecule has 0 saturated carbocycles. The average molecular weight is 394 g/mol. The Bertz CT molecular complexity index is 989. The molecule has 1 aromatic carbocycles. The summed E-state index contributed by atoms with van der Waals surface area (Å²) in [6.45, 7) is 2.17. The van der Waals surface area contributed by atoms with Crippen molar-refractivity contribution >= 4 is 5.78 Å². The van der Waals surface area contributed by atoms with E-state index in [0.717, 1.165) is 24.9 Å². The highest BCUT2D eigenvalue weighted by atomic mass is 19.1. The van der Waals surface area contributed by atoms with Crippen LogP contribution in [0.4, 0.5) is 4.39 Å². The van der Waals surface area contributed by atoms with E-state index in [2.05, 4.69) is 20.1 Å². The number of hydrogen-bond acceptors (Lipinski definition) is 5. The van der Waals surface area contributed by atoms with E-state index in [-0.39, 0.29) is 17.5 Å². The molecule has 150 valence electrons. The highest BCUT2D eigenvalue weighted by Gasteiger charge is 2.27. The summed E-state index contributed by atoms with van der Waals surface area (Å²) in [7, 11) is 1.51. The van der Waals surface area contributed by atoms with Crippen LogP contribution in [-0.2, 0) is 6.54 Å². The van der Waals surface area contributed by atoms with Crippen LogP contribution >= 0.6 is 0 Å². The number of halogens is 1. The van der Waals surface area contributed by atoms with Gasteiger partial charge in [0, 0.05) is 54.2 Å². The first-order valence-corrected chi connectivity index (χ1v) is 9.68. The number of methoxy groups -OCH3 is 1. The Morgan fingerprint density at radius 2 is 2.24 bits per heavy atom. The van der Waals surface area contributed by atoms with Crippen molar-refractivity contribution in [2.24, 2.45) is 5.92 Å². The van der Waals surface area contributed by atoms with Crippen molar-refractivity contribution in [3.05, 3.63) is 65.9 Å². The zero-order valence-corrected chi connectivity index (χ0v) is 16.3. The van der Waals surface area contributed by atoms with E-state index in [4.69, 9.17) is 4.74 Å². The normalized spacial score (nSPS) is 17.2. The average Bonchev–Trinajstić information content (AvgIpc) is 3.21. The van der Waals surface area contributed by atoms with Crippen LogP contribution in [0.25, 0.3) is 11.3 Å². The summed E-state index contributed by atoms with van der Waals surface area (Å²) in [6, 6.07) is 8.38. The first kappa shape index (κ1) is 19.3. The Balaban J connectivity index is 1.49. The fourth-order valence-corrected chi connectivity index (χ4v) is 3.89. The lowest BCUT2D eigenvalue weighted by Crippen LogP contribution is -2.38. The van der Waals surface area contributed by atoms with Gasteiger partial charge >= 0.3 is 0 Å². The number of H-pyrrole nitrogens is 1. The highest BCUT2D eigenvalue weighted by molar-refractivity contribution is 5.97. The molecule has 0 bridgehead atoms. The van der Waals surface area contributed by atoms with E-state index in [1.54, 1.807) is 36.8 Å². The third-order valence-electron chi connectivity index (χ3n) is 5.38. The topological polar surface area (TPSA) is 71.1 Å². The molecule has 29 heavy (non-hydrogen) atoms. The summed E-state index contributed by atoms with van der Waals surface area (Å²) in [5.74, 6) is 0.190. The monoisotopic (exact) mass is 394 g/mol. The number of hydrogen-bond donors (Lipinski definition) is 1. The molecule has 1 fully saturated rings. The molecule has 0 spiro atoms. The first-order valence-electron chi connectivity index (χ1n) is 9.68. The minimum atomic E-state index is -0.363. The van der Waals surface area contributed by atoms with Crippen molar-refractivity contribution in [2.45, 2.75) is 19.4 Å². The predicted molar refractivity (Wildman–Crippen MR) is 107 cm³/mol. The molecule has 1 aliphatic heterocycles. The molecule has 1 N–H and O–H groups in total. The van der Waals surface area contributed by atoms with Gasteiger partial charge in [-0.3, -0.25) is 19.8 Å². The number of carbonyl (C=O) groups is 1. The summed E-state index contributed by atoms with van der Waals surface area (Å²) in [6.07, 6.45) is 6.84. The van der Waals surface area contributed by atoms with E-state index in [1.807, 2.05) is 6.07 Å². The fraction of sp³-hybridized carbons (Fsp3) is 0.318. The molecule has 1 saturated heterocycles. The van der Waals surface area contributed by atoms with Crippen LogP contribution in [0.3, 0.4) is 0 Å². The summed E-state index contributed by atoms with van der Waals surface area (Å²) in [4.78, 5) is 19.1. The molecule has 3 heterocycles. The van der Waals surface area contributed by atoms with Gasteiger partial charge in [0.05, 0.1) is 19.0 Å². The van der Waals surface area contributed by atoms with Crippen LogP contribution in [0, 0.1) is 11.7 Å². The van der Waals surface area contributed by atoms with Crippen LogP contribution in [0.15, 0.2) is 48.9 Å².